The van der Waals surface area contributed by atoms with Gasteiger partial charge < -0.3 is 4.74 Å². The van der Waals surface area contributed by atoms with Crippen LogP contribution < -0.4 is 0 Å². The minimum absolute atomic E-state index is 0.103. The molecule has 0 bridgehead atoms. The van der Waals surface area contributed by atoms with E-state index in [0.29, 0.717) is 0 Å². The van der Waals surface area contributed by atoms with Crippen molar-refractivity contribution in [3.8, 4) is 0 Å². The Kier molecular flexibility index (Phi) is 4.41. The molecule has 1 aliphatic heterocycles. The largest absolute Gasteiger partial charge is 0.369 e. The van der Waals surface area contributed by atoms with Gasteiger partial charge in [-0.25, -0.2) is 0 Å². The Balaban J connectivity index is 1.64. The molecule has 0 radical (unpaired) electrons. The van der Waals surface area contributed by atoms with Crippen LogP contribution in [0.3, 0.4) is 0 Å². The van der Waals surface area contributed by atoms with E-state index in [1.807, 2.05) is 6.20 Å². The molecule has 0 aromatic carbocycles. The van der Waals surface area contributed by atoms with Gasteiger partial charge in [-0.2, -0.15) is 0 Å². The molecule has 104 valence electrons. The lowest BCUT2D eigenvalue weighted by Crippen LogP contribution is -2.44. The molecule has 1 aliphatic carbocycles. The molecule has 3 rings (SSSR count). The summed E-state index contributed by atoms with van der Waals surface area (Å²) in [4.78, 5) is 11.2. The summed E-state index contributed by atoms with van der Waals surface area (Å²) in [6, 6.07) is 0.755. The molecule has 0 N–H and O–H groups in total. The van der Waals surface area contributed by atoms with Crippen LogP contribution in [0.5, 0.6) is 0 Å². The summed E-state index contributed by atoms with van der Waals surface area (Å²) in [7, 11) is 0. The molecule has 1 atom stereocenters. The minimum atomic E-state index is 0.103. The maximum atomic E-state index is 5.87. The smallest absolute Gasteiger partial charge is 0.114 e. The molecule has 19 heavy (non-hydrogen) atoms. The van der Waals surface area contributed by atoms with Crippen molar-refractivity contribution < 1.29 is 4.74 Å². The van der Waals surface area contributed by atoms with Crippen molar-refractivity contribution in [2.75, 3.05) is 19.7 Å². The van der Waals surface area contributed by atoms with Crippen LogP contribution >= 0.6 is 0 Å². The molecule has 0 amide bonds. The second kappa shape index (κ2) is 6.44. The average molecular weight is 261 g/mol. The number of aromatic nitrogens is 2. The number of ether oxygens (including phenoxy) is 1. The number of morpholine rings is 1. The summed E-state index contributed by atoms with van der Waals surface area (Å²) in [5, 5.41) is 0. The Hall–Kier alpha value is -1.00. The van der Waals surface area contributed by atoms with Crippen molar-refractivity contribution >= 4 is 0 Å². The van der Waals surface area contributed by atoms with E-state index < -0.39 is 0 Å². The van der Waals surface area contributed by atoms with Gasteiger partial charge in [0.2, 0.25) is 0 Å². The van der Waals surface area contributed by atoms with E-state index >= 15 is 0 Å². The lowest BCUT2D eigenvalue weighted by Gasteiger charge is -2.37. The zero-order valence-corrected chi connectivity index (χ0v) is 11.5. The summed E-state index contributed by atoms with van der Waals surface area (Å²) in [5.74, 6) is 0. The van der Waals surface area contributed by atoms with Gasteiger partial charge >= 0.3 is 0 Å². The average Bonchev–Trinajstić information content (AvgIpc) is 2.77. The number of hydrogen-bond donors (Lipinski definition) is 0. The first-order chi connectivity index (χ1) is 9.43. The number of nitrogens with zero attached hydrogens (tertiary/aromatic N) is 3. The highest BCUT2D eigenvalue weighted by Crippen LogP contribution is 2.27. The number of rotatable bonds is 2. The Bertz CT molecular complexity index is 376. The van der Waals surface area contributed by atoms with Gasteiger partial charge in [-0.3, -0.25) is 14.9 Å². The lowest BCUT2D eigenvalue weighted by atomic mass is 10.1. The van der Waals surface area contributed by atoms with Crippen LogP contribution in [0.15, 0.2) is 18.6 Å². The Morgan fingerprint density at radius 3 is 2.68 bits per heavy atom. The van der Waals surface area contributed by atoms with Gasteiger partial charge in [-0.15, -0.1) is 0 Å². The van der Waals surface area contributed by atoms with Crippen LogP contribution in [-0.4, -0.2) is 40.6 Å². The van der Waals surface area contributed by atoms with Gasteiger partial charge in [0.15, 0.2) is 0 Å². The highest BCUT2D eigenvalue weighted by Gasteiger charge is 2.28. The Labute approximate surface area is 115 Å². The maximum Gasteiger partial charge on any atom is 0.114 e. The van der Waals surface area contributed by atoms with Crippen molar-refractivity contribution in [1.82, 2.24) is 14.9 Å². The van der Waals surface area contributed by atoms with Crippen molar-refractivity contribution in [3.63, 3.8) is 0 Å². The summed E-state index contributed by atoms with van der Waals surface area (Å²) >= 11 is 0. The molecule has 2 aliphatic rings. The molecule has 1 aromatic rings. The second-order valence-corrected chi connectivity index (χ2v) is 5.63. The van der Waals surface area contributed by atoms with Crippen LogP contribution in [0.2, 0.25) is 0 Å². The molecule has 2 heterocycles. The van der Waals surface area contributed by atoms with Crippen LogP contribution in [0, 0.1) is 0 Å². The molecule has 2 fully saturated rings. The molecule has 4 heteroatoms. The standard InChI is InChI=1S/C15H23N3O/c1-2-4-6-13(5-3-1)18-9-10-19-15(12-18)14-11-16-7-8-17-14/h7-8,11,13,15H,1-6,9-10,12H2. The van der Waals surface area contributed by atoms with Gasteiger partial charge in [0.1, 0.15) is 6.10 Å². The third-order valence-electron chi connectivity index (χ3n) is 4.35. The molecule has 1 aromatic heterocycles. The van der Waals surface area contributed by atoms with Gasteiger partial charge in [0.25, 0.3) is 0 Å². The zero-order chi connectivity index (χ0) is 12.9. The molecule has 1 saturated heterocycles. The fourth-order valence-electron chi connectivity index (χ4n) is 3.28. The highest BCUT2D eigenvalue weighted by molar-refractivity contribution is 5.02. The van der Waals surface area contributed by atoms with E-state index in [9.17, 15) is 0 Å². The third-order valence-corrected chi connectivity index (χ3v) is 4.35. The van der Waals surface area contributed by atoms with Crippen molar-refractivity contribution in [2.24, 2.45) is 0 Å². The summed E-state index contributed by atoms with van der Waals surface area (Å²) in [5.41, 5.74) is 0.973. The fraction of sp³-hybridized carbons (Fsp3) is 0.733. The predicted molar refractivity (Wildman–Crippen MR) is 73.8 cm³/mol. The van der Waals surface area contributed by atoms with Crippen LogP contribution in [0.4, 0.5) is 0 Å². The molecular formula is C15H23N3O. The highest BCUT2D eigenvalue weighted by atomic mass is 16.5. The first-order valence-corrected chi connectivity index (χ1v) is 7.55. The minimum Gasteiger partial charge on any atom is -0.369 e. The van der Waals surface area contributed by atoms with Gasteiger partial charge in [-0.1, -0.05) is 25.7 Å². The summed E-state index contributed by atoms with van der Waals surface area (Å²) in [6.07, 6.45) is 13.7. The van der Waals surface area contributed by atoms with Crippen LogP contribution in [0.25, 0.3) is 0 Å². The molecular weight excluding hydrogens is 238 g/mol. The van der Waals surface area contributed by atoms with Crippen molar-refractivity contribution in [3.05, 3.63) is 24.3 Å². The fourth-order valence-corrected chi connectivity index (χ4v) is 3.28. The van der Waals surface area contributed by atoms with E-state index in [1.54, 1.807) is 12.4 Å². The van der Waals surface area contributed by atoms with Crippen LogP contribution in [0.1, 0.15) is 50.3 Å². The Morgan fingerprint density at radius 1 is 1.11 bits per heavy atom. The number of hydrogen-bond acceptors (Lipinski definition) is 4. The molecule has 1 unspecified atom stereocenters. The van der Waals surface area contributed by atoms with Crippen LogP contribution in [-0.2, 0) is 4.74 Å². The Morgan fingerprint density at radius 2 is 1.95 bits per heavy atom. The maximum absolute atomic E-state index is 5.87. The first-order valence-electron chi connectivity index (χ1n) is 7.55. The first kappa shape index (κ1) is 13.0. The normalized spacial score (nSPS) is 27.1. The zero-order valence-electron chi connectivity index (χ0n) is 11.5. The lowest BCUT2D eigenvalue weighted by molar-refractivity contribution is -0.0490. The topological polar surface area (TPSA) is 38.2 Å². The van der Waals surface area contributed by atoms with E-state index in [0.717, 1.165) is 31.4 Å². The quantitative estimate of drug-likeness (QED) is 0.767. The third kappa shape index (κ3) is 3.31. The molecule has 4 nitrogen and oxygen atoms in total. The van der Waals surface area contributed by atoms with E-state index in [1.165, 1.54) is 38.5 Å². The monoisotopic (exact) mass is 261 g/mol. The predicted octanol–water partition coefficient (Wildman–Crippen LogP) is 2.57. The van der Waals surface area contributed by atoms with E-state index in [-0.39, 0.29) is 6.10 Å². The van der Waals surface area contributed by atoms with Crippen molar-refractivity contribution in [1.29, 1.82) is 0 Å². The second-order valence-electron chi connectivity index (χ2n) is 5.63. The van der Waals surface area contributed by atoms with Gasteiger partial charge in [0.05, 0.1) is 18.5 Å². The van der Waals surface area contributed by atoms with E-state index in [4.69, 9.17) is 4.74 Å². The summed E-state index contributed by atoms with van der Waals surface area (Å²) < 4.78 is 5.87. The SMILES string of the molecule is c1cnc(C2CN(C3CCCCCC3)CCO2)cn1. The van der Waals surface area contributed by atoms with Gasteiger partial charge in [0, 0.05) is 31.5 Å². The van der Waals surface area contributed by atoms with Gasteiger partial charge in [-0.05, 0) is 12.8 Å². The van der Waals surface area contributed by atoms with E-state index in [2.05, 4.69) is 14.9 Å². The van der Waals surface area contributed by atoms with Crippen molar-refractivity contribution in [2.45, 2.75) is 50.7 Å². The molecule has 0 spiro atoms. The molecule has 1 saturated carbocycles. The summed E-state index contributed by atoms with van der Waals surface area (Å²) in [6.45, 7) is 2.86.